The molecular formula is C26H33N5O. The number of rotatable bonds is 6. The molecule has 4 rings (SSSR count). The first-order valence-corrected chi connectivity index (χ1v) is 11.5. The number of aryl methyl sites for hydroxylation is 1. The van der Waals surface area contributed by atoms with Crippen molar-refractivity contribution in [3.8, 4) is 0 Å². The van der Waals surface area contributed by atoms with E-state index in [9.17, 15) is 4.79 Å². The van der Waals surface area contributed by atoms with Crippen LogP contribution in [0.25, 0.3) is 10.9 Å². The lowest BCUT2D eigenvalue weighted by Crippen LogP contribution is -2.47. The van der Waals surface area contributed by atoms with E-state index < -0.39 is 0 Å². The highest BCUT2D eigenvalue weighted by molar-refractivity contribution is 5.92. The van der Waals surface area contributed by atoms with Crippen molar-refractivity contribution >= 4 is 28.3 Å². The van der Waals surface area contributed by atoms with Crippen molar-refractivity contribution in [3.63, 3.8) is 0 Å². The fourth-order valence-corrected chi connectivity index (χ4v) is 4.25. The summed E-state index contributed by atoms with van der Waals surface area (Å²) in [5, 5.41) is 7.01. The minimum atomic E-state index is -0.160. The number of aromatic nitrogens is 1. The number of amides is 2. The van der Waals surface area contributed by atoms with Crippen LogP contribution in [0.5, 0.6) is 0 Å². The van der Waals surface area contributed by atoms with Crippen molar-refractivity contribution in [2.45, 2.75) is 33.2 Å². The van der Waals surface area contributed by atoms with E-state index in [1.807, 2.05) is 32.9 Å². The van der Waals surface area contributed by atoms with Crippen molar-refractivity contribution < 1.29 is 4.79 Å². The van der Waals surface area contributed by atoms with Crippen LogP contribution in [0.4, 0.5) is 16.2 Å². The van der Waals surface area contributed by atoms with E-state index in [4.69, 9.17) is 0 Å². The summed E-state index contributed by atoms with van der Waals surface area (Å²) in [5.74, 6) is 0. The first-order chi connectivity index (χ1) is 15.5. The summed E-state index contributed by atoms with van der Waals surface area (Å²) in [7, 11) is 0. The number of hydrogen-bond donors (Lipinski definition) is 2. The summed E-state index contributed by atoms with van der Waals surface area (Å²) in [5.41, 5.74) is 5.49. The van der Waals surface area contributed by atoms with E-state index in [1.54, 1.807) is 0 Å². The Morgan fingerprint density at radius 1 is 1.03 bits per heavy atom. The van der Waals surface area contributed by atoms with Crippen LogP contribution in [0.2, 0.25) is 0 Å². The van der Waals surface area contributed by atoms with Crippen LogP contribution in [0.15, 0.2) is 54.6 Å². The maximum Gasteiger partial charge on any atom is 0.319 e. The zero-order valence-corrected chi connectivity index (χ0v) is 19.3. The molecule has 0 bridgehead atoms. The van der Waals surface area contributed by atoms with Crippen LogP contribution in [0, 0.1) is 6.92 Å². The van der Waals surface area contributed by atoms with Gasteiger partial charge in [-0.2, -0.15) is 0 Å². The Morgan fingerprint density at radius 2 is 1.81 bits per heavy atom. The van der Waals surface area contributed by atoms with Gasteiger partial charge in [0.05, 0.1) is 5.52 Å². The third-order valence-electron chi connectivity index (χ3n) is 5.88. The molecule has 0 aliphatic carbocycles. The molecule has 2 aromatic carbocycles. The lowest BCUT2D eigenvalue weighted by molar-refractivity contribution is 0.250. The summed E-state index contributed by atoms with van der Waals surface area (Å²) < 4.78 is 0. The summed E-state index contributed by atoms with van der Waals surface area (Å²) in [6, 6.07) is 18.8. The molecule has 168 valence electrons. The van der Waals surface area contributed by atoms with Gasteiger partial charge in [0, 0.05) is 61.2 Å². The number of nitrogens with zero attached hydrogens (tertiary/aromatic N) is 3. The van der Waals surface area contributed by atoms with Crippen molar-refractivity contribution in [3.05, 3.63) is 65.9 Å². The molecule has 0 saturated carbocycles. The number of carbonyl (C=O) groups is 1. The van der Waals surface area contributed by atoms with E-state index in [2.05, 4.69) is 67.9 Å². The first kappa shape index (κ1) is 22.1. The molecule has 1 aliphatic rings. The van der Waals surface area contributed by atoms with Gasteiger partial charge in [0.25, 0.3) is 0 Å². The lowest BCUT2D eigenvalue weighted by Gasteiger charge is -2.36. The fraction of sp³-hybridized carbons (Fsp3) is 0.385. The van der Waals surface area contributed by atoms with Crippen molar-refractivity contribution in [2.24, 2.45) is 0 Å². The van der Waals surface area contributed by atoms with Crippen LogP contribution in [0.1, 0.15) is 25.1 Å². The number of piperazine rings is 1. The Balaban J connectivity index is 1.31. The van der Waals surface area contributed by atoms with Gasteiger partial charge in [0.15, 0.2) is 0 Å². The van der Waals surface area contributed by atoms with Gasteiger partial charge in [-0.1, -0.05) is 18.2 Å². The second-order valence-corrected chi connectivity index (χ2v) is 8.83. The van der Waals surface area contributed by atoms with E-state index >= 15 is 0 Å². The quantitative estimate of drug-likeness (QED) is 0.606. The van der Waals surface area contributed by atoms with Crippen LogP contribution < -0.4 is 15.5 Å². The molecule has 2 heterocycles. The molecule has 2 N–H and O–H groups in total. The van der Waals surface area contributed by atoms with Gasteiger partial charge >= 0.3 is 6.03 Å². The third kappa shape index (κ3) is 5.56. The van der Waals surface area contributed by atoms with Gasteiger partial charge in [-0.15, -0.1) is 0 Å². The number of anilines is 2. The van der Waals surface area contributed by atoms with Crippen LogP contribution >= 0.6 is 0 Å². The Kier molecular flexibility index (Phi) is 6.90. The first-order valence-electron chi connectivity index (χ1n) is 11.5. The third-order valence-corrected chi connectivity index (χ3v) is 5.88. The average Bonchev–Trinajstić information content (AvgIpc) is 2.77. The highest BCUT2D eigenvalue weighted by Gasteiger charge is 2.18. The fourth-order valence-electron chi connectivity index (χ4n) is 4.25. The minimum absolute atomic E-state index is 0.117. The predicted molar refractivity (Wildman–Crippen MR) is 133 cm³/mol. The van der Waals surface area contributed by atoms with Gasteiger partial charge in [-0.3, -0.25) is 9.88 Å². The van der Waals surface area contributed by atoms with E-state index in [0.29, 0.717) is 0 Å². The maximum atomic E-state index is 11.9. The lowest BCUT2D eigenvalue weighted by atomic mass is 10.1. The van der Waals surface area contributed by atoms with Crippen molar-refractivity contribution in [1.29, 1.82) is 0 Å². The average molecular weight is 432 g/mol. The number of benzene rings is 2. The summed E-state index contributed by atoms with van der Waals surface area (Å²) in [6.07, 6.45) is 0.971. The van der Waals surface area contributed by atoms with Crippen LogP contribution in [-0.4, -0.2) is 54.7 Å². The van der Waals surface area contributed by atoms with Gasteiger partial charge in [-0.25, -0.2) is 4.79 Å². The van der Waals surface area contributed by atoms with Crippen LogP contribution in [-0.2, 0) is 6.42 Å². The number of pyridine rings is 1. The minimum Gasteiger partial charge on any atom is -0.368 e. The number of carbonyl (C=O) groups excluding carboxylic acids is 1. The second kappa shape index (κ2) is 10.0. The monoisotopic (exact) mass is 431 g/mol. The SMILES string of the molecule is Cc1ccc2c(N3CCN(CCc4cccc(NC(=O)NC(C)C)c4)CC3)cccc2n1. The standard InChI is InChI=1S/C26H33N5O/c1-19(2)27-26(32)29-22-7-4-6-21(18-22)12-13-30-14-16-31(17-15-30)25-9-5-8-24-23(25)11-10-20(3)28-24/h4-11,18-19H,12-17H2,1-3H3,(H2,27,29,32). The Bertz CT molecular complexity index is 1070. The van der Waals surface area contributed by atoms with Gasteiger partial charge in [0.2, 0.25) is 0 Å². The Hall–Kier alpha value is -3.12. The molecule has 3 aromatic rings. The summed E-state index contributed by atoms with van der Waals surface area (Å²) in [6.45, 7) is 11.1. The smallest absolute Gasteiger partial charge is 0.319 e. The number of urea groups is 1. The van der Waals surface area contributed by atoms with Crippen LogP contribution in [0.3, 0.4) is 0 Å². The van der Waals surface area contributed by atoms with Crippen molar-refractivity contribution in [2.75, 3.05) is 42.9 Å². The normalized spacial score (nSPS) is 14.7. The summed E-state index contributed by atoms with van der Waals surface area (Å²) >= 11 is 0. The molecule has 1 aliphatic heterocycles. The largest absolute Gasteiger partial charge is 0.368 e. The molecule has 0 unspecified atom stereocenters. The van der Waals surface area contributed by atoms with Gasteiger partial charge < -0.3 is 15.5 Å². The molecular weight excluding hydrogens is 398 g/mol. The number of fused-ring (bicyclic) bond motifs is 1. The molecule has 1 saturated heterocycles. The molecule has 2 amide bonds. The molecule has 32 heavy (non-hydrogen) atoms. The van der Waals surface area contributed by atoms with Gasteiger partial charge in [0.1, 0.15) is 0 Å². The molecule has 0 spiro atoms. The number of hydrogen-bond acceptors (Lipinski definition) is 4. The zero-order chi connectivity index (χ0) is 22.5. The highest BCUT2D eigenvalue weighted by atomic mass is 16.2. The Morgan fingerprint density at radius 3 is 2.59 bits per heavy atom. The second-order valence-electron chi connectivity index (χ2n) is 8.83. The van der Waals surface area contributed by atoms with E-state index in [0.717, 1.165) is 56.0 Å². The van der Waals surface area contributed by atoms with E-state index in [-0.39, 0.29) is 12.1 Å². The van der Waals surface area contributed by atoms with E-state index in [1.165, 1.54) is 16.6 Å². The number of nitrogens with one attached hydrogen (secondary N) is 2. The highest BCUT2D eigenvalue weighted by Crippen LogP contribution is 2.27. The molecule has 0 atom stereocenters. The van der Waals surface area contributed by atoms with Gasteiger partial charge in [-0.05, 0) is 69.2 Å². The maximum absolute atomic E-state index is 11.9. The molecule has 0 radical (unpaired) electrons. The topological polar surface area (TPSA) is 60.5 Å². The zero-order valence-electron chi connectivity index (χ0n) is 19.3. The molecule has 6 nitrogen and oxygen atoms in total. The Labute approximate surface area is 190 Å². The predicted octanol–water partition coefficient (Wildman–Crippen LogP) is 4.44. The summed E-state index contributed by atoms with van der Waals surface area (Å²) in [4.78, 5) is 21.6. The molecule has 1 fully saturated rings. The van der Waals surface area contributed by atoms with Crippen molar-refractivity contribution in [1.82, 2.24) is 15.2 Å². The molecule has 1 aromatic heterocycles. The molecule has 6 heteroatoms.